The van der Waals surface area contributed by atoms with E-state index in [2.05, 4.69) is 52.5 Å². The van der Waals surface area contributed by atoms with Crippen LogP contribution in [0.3, 0.4) is 0 Å². The molecule has 4 heterocycles. The van der Waals surface area contributed by atoms with Gasteiger partial charge in [-0.2, -0.15) is 0 Å². The third-order valence-corrected chi connectivity index (χ3v) is 17.7. The number of para-hydroxylation sites is 4. The van der Waals surface area contributed by atoms with Gasteiger partial charge in [-0.15, -0.1) is 10.2 Å². The van der Waals surface area contributed by atoms with Gasteiger partial charge in [-0.3, -0.25) is 38.1 Å². The van der Waals surface area contributed by atoms with E-state index < -0.39 is 250 Å². The molecule has 18 N–H and O–H groups in total. The van der Waals surface area contributed by atoms with Crippen molar-refractivity contribution in [3.05, 3.63) is 165 Å². The zero-order valence-electron chi connectivity index (χ0n) is 62.6. The van der Waals surface area contributed by atoms with Gasteiger partial charge in [0.25, 0.3) is 35.4 Å². The number of unbranched alkanes of at least 4 members (excludes halogenated alkanes) is 2. The maximum Gasteiger partial charge on any atom is 0.332 e. The zero-order valence-corrected chi connectivity index (χ0v) is 62.6. The van der Waals surface area contributed by atoms with Gasteiger partial charge in [0.2, 0.25) is 0 Å². The molecule has 0 saturated carbocycles. The van der Waals surface area contributed by atoms with Gasteiger partial charge in [-0.25, -0.2) is 28.8 Å². The number of amides is 6. The molecule has 8 aromatic rings. The number of aromatic hydroxyl groups is 12. The molecular formula is C76H80N12O30. The smallest absolute Gasteiger partial charge is 0.332 e. The largest absolute Gasteiger partial charge is 0.504 e. The van der Waals surface area contributed by atoms with Crippen LogP contribution in [0.1, 0.15) is 124 Å². The molecule has 0 unspecified atom stereocenters. The van der Waals surface area contributed by atoms with Crippen molar-refractivity contribution in [3.63, 3.8) is 0 Å². The molecule has 0 aliphatic carbocycles. The zero-order chi connectivity index (χ0) is 85.6. The summed E-state index contributed by atoms with van der Waals surface area (Å²) in [4.78, 5) is 160. The van der Waals surface area contributed by atoms with Crippen LogP contribution in [-0.4, -0.2) is 238 Å². The van der Waals surface area contributed by atoms with Crippen molar-refractivity contribution in [3.8, 4) is 69.0 Å². The van der Waals surface area contributed by atoms with Crippen molar-refractivity contribution in [1.82, 2.24) is 61.9 Å². The average Bonchev–Trinajstić information content (AvgIpc) is 0.836. The molecule has 2 aliphatic heterocycles. The minimum absolute atomic E-state index is 0.213. The molecule has 624 valence electrons. The van der Waals surface area contributed by atoms with Gasteiger partial charge in [0, 0.05) is 25.5 Å². The predicted octanol–water partition coefficient (Wildman–Crippen LogP) is 0.872. The maximum atomic E-state index is 13.6. The van der Waals surface area contributed by atoms with Crippen LogP contribution in [0.15, 0.2) is 109 Å². The normalized spacial score (nSPS) is 17.3. The number of phenolic OH excluding ortho intramolecular Hbond substituents is 12. The first-order valence-corrected chi connectivity index (χ1v) is 36.1. The van der Waals surface area contributed by atoms with Crippen LogP contribution in [0, 0.1) is 0 Å². The first-order valence-electron chi connectivity index (χ1n) is 36.1. The Morgan fingerprint density at radius 2 is 0.593 bits per heavy atom. The number of hydrogen-bond donors (Lipinski definition) is 18. The van der Waals surface area contributed by atoms with E-state index in [0.29, 0.717) is 29.8 Å². The SMILES string of the molecule is CCCCc1cn(CCc2cc(O)c(O)c(C(=O)N[C@H]3COC(=O)[C@@H](NC(=O)c4cccc(O)c4O)COC(=O)[C@@H](NC(=O)c4cccc(O)c4O)COC3=O)c2)nn1.CCCCn1cc(CCc2cc(O)c(O)c(C(=O)N[C@H]3COC(=O)[C@@H](NC(=O)c4cccc(O)c4O)COC(=O)[C@@H](NC(=O)c4cccc(O)c4O)COC3=O)c2)nn1. The highest BCUT2D eigenvalue weighted by Crippen LogP contribution is 2.35. The number of ether oxygens (including phenoxy) is 6. The van der Waals surface area contributed by atoms with Crippen LogP contribution in [0.5, 0.6) is 69.0 Å². The molecule has 6 aromatic carbocycles. The Kier molecular flexibility index (Phi) is 29.5. The Hall–Kier alpha value is -15.2. The van der Waals surface area contributed by atoms with Crippen molar-refractivity contribution < 1.29 is 147 Å². The molecule has 42 nitrogen and oxygen atoms in total. The summed E-state index contributed by atoms with van der Waals surface area (Å²) in [6.07, 6.45) is 8.81. The molecule has 6 amide bonds. The number of benzene rings is 6. The van der Waals surface area contributed by atoms with Crippen LogP contribution in [0.4, 0.5) is 0 Å². The summed E-state index contributed by atoms with van der Waals surface area (Å²) in [5, 5.41) is 152. The minimum atomic E-state index is -1.89. The maximum absolute atomic E-state index is 13.6. The molecular weight excluding hydrogens is 1560 g/mol. The van der Waals surface area contributed by atoms with E-state index >= 15 is 0 Å². The summed E-state index contributed by atoms with van der Waals surface area (Å²) >= 11 is 0. The van der Waals surface area contributed by atoms with E-state index in [4.69, 9.17) is 28.4 Å². The molecule has 10 rings (SSSR count). The van der Waals surface area contributed by atoms with Crippen LogP contribution >= 0.6 is 0 Å². The lowest BCUT2D eigenvalue weighted by molar-refractivity contribution is -0.163. The van der Waals surface area contributed by atoms with E-state index in [1.54, 1.807) is 21.8 Å². The van der Waals surface area contributed by atoms with Gasteiger partial charge in [0.15, 0.2) is 105 Å². The highest BCUT2D eigenvalue weighted by atomic mass is 16.6. The lowest BCUT2D eigenvalue weighted by Gasteiger charge is -2.25. The van der Waals surface area contributed by atoms with Crippen molar-refractivity contribution >= 4 is 71.3 Å². The Labute approximate surface area is 666 Å². The van der Waals surface area contributed by atoms with Gasteiger partial charge >= 0.3 is 35.8 Å². The van der Waals surface area contributed by atoms with Crippen molar-refractivity contribution in [2.45, 2.75) is 115 Å². The number of aromatic nitrogens is 6. The Bertz CT molecular complexity index is 4670. The number of hydrogen-bond acceptors (Lipinski definition) is 34. The molecule has 0 spiro atoms. The summed E-state index contributed by atoms with van der Waals surface area (Å²) < 4.78 is 34.5. The van der Waals surface area contributed by atoms with Gasteiger partial charge in [-0.1, -0.05) is 61.4 Å². The summed E-state index contributed by atoms with van der Waals surface area (Å²) in [5.74, 6) is -24.0. The number of phenols is 12. The first-order chi connectivity index (χ1) is 56.3. The molecule has 0 radical (unpaired) electrons. The van der Waals surface area contributed by atoms with E-state index in [0.717, 1.165) is 86.3 Å². The average molecular weight is 1640 g/mol. The van der Waals surface area contributed by atoms with Crippen molar-refractivity contribution in [1.29, 1.82) is 0 Å². The van der Waals surface area contributed by atoms with Gasteiger partial charge in [0.05, 0.1) is 44.8 Å². The molecule has 42 heteroatoms. The summed E-state index contributed by atoms with van der Waals surface area (Å²) in [6, 6.07) is 7.30. The molecule has 6 atom stereocenters. The summed E-state index contributed by atoms with van der Waals surface area (Å²) in [6.45, 7) is -0.788. The fourth-order valence-electron chi connectivity index (χ4n) is 11.2. The lowest BCUT2D eigenvalue weighted by Crippen LogP contribution is -2.52. The number of nitrogens with one attached hydrogen (secondary N) is 6. The molecule has 0 bridgehead atoms. The van der Waals surface area contributed by atoms with Gasteiger partial charge in [0.1, 0.15) is 39.6 Å². The van der Waals surface area contributed by atoms with E-state index in [1.807, 2.05) is 13.8 Å². The predicted molar refractivity (Wildman–Crippen MR) is 397 cm³/mol. The Balaban J connectivity index is 0.000000269. The standard InChI is InChI=1S/2C38H40N6O15/c1-2-3-12-44-15-20(42-43-44)11-10-19-13-23(32(50)29(47)14-19)35(53)41-26-18-59-37(55)24(39-33(51)21-6-4-8-27(45)30(21)48)16-57-36(54)25(17-58-38(26)56)40-34(52)22-7-5-9-28(46)31(22)49;1-2-3-6-20-15-44(43-42-20)12-11-19-13-23(32(50)29(47)14-19)35(53)41-26-18-59-37(55)24(39-33(51)21-7-4-9-27(45)30(21)48)16-57-36(54)25(17-58-38(26)56)40-34(52)22-8-5-10-28(46)31(22)49/h4-9,13-15,24-26,45-50H,2-3,10-12,16-18H2,1H3,(H,39,51)(H,40,52)(H,41,53);4-5,7-10,13-15,24-26,45-50H,2-3,6,11-12,16-18H2,1H3,(H,39,51)(H,40,52)(H,41,53)/t2*24-,25-,26-/m00/s1. The second-order valence-electron chi connectivity index (χ2n) is 26.3. The molecule has 2 aromatic heterocycles. The number of cyclic esters (lactones) is 6. The van der Waals surface area contributed by atoms with Gasteiger partial charge < -0.3 is 122 Å². The molecule has 2 saturated heterocycles. The summed E-state index contributed by atoms with van der Waals surface area (Å²) in [7, 11) is 0. The second-order valence-corrected chi connectivity index (χ2v) is 26.3. The van der Waals surface area contributed by atoms with E-state index in [1.165, 1.54) is 48.5 Å². The number of carbonyl (C=O) groups excluding carboxylic acids is 12. The fourth-order valence-corrected chi connectivity index (χ4v) is 11.2. The highest BCUT2D eigenvalue weighted by Gasteiger charge is 2.38. The number of esters is 6. The molecule has 2 aliphatic rings. The summed E-state index contributed by atoms with van der Waals surface area (Å²) in [5.41, 5.74) is -0.809. The van der Waals surface area contributed by atoms with Crippen LogP contribution < -0.4 is 31.9 Å². The van der Waals surface area contributed by atoms with Crippen LogP contribution in [0.2, 0.25) is 0 Å². The van der Waals surface area contributed by atoms with E-state index in [-0.39, 0.29) is 19.4 Å². The number of nitrogens with zero attached hydrogens (tertiary/aromatic N) is 6. The minimum Gasteiger partial charge on any atom is -0.504 e. The number of rotatable bonds is 24. The Morgan fingerprint density at radius 3 is 0.890 bits per heavy atom. The van der Waals surface area contributed by atoms with Gasteiger partial charge in [-0.05, 0) is 122 Å². The van der Waals surface area contributed by atoms with E-state index in [9.17, 15) is 119 Å². The Morgan fingerprint density at radius 1 is 0.331 bits per heavy atom. The number of carbonyl (C=O) groups is 12. The third-order valence-electron chi connectivity index (χ3n) is 17.7. The first kappa shape index (κ1) is 86.8. The lowest BCUT2D eigenvalue weighted by atomic mass is 10.0. The van der Waals surface area contributed by atoms with Crippen LogP contribution in [-0.2, 0) is 96.0 Å². The van der Waals surface area contributed by atoms with Crippen LogP contribution in [0.25, 0.3) is 0 Å². The number of aryl methyl sites for hydroxylation is 6. The topological polar surface area (TPSA) is 637 Å². The van der Waals surface area contributed by atoms with Crippen molar-refractivity contribution in [2.24, 2.45) is 0 Å². The quantitative estimate of drug-likeness (QED) is 0.0227. The van der Waals surface area contributed by atoms with Crippen molar-refractivity contribution in [2.75, 3.05) is 39.6 Å². The molecule has 118 heavy (non-hydrogen) atoms. The highest BCUT2D eigenvalue weighted by molar-refractivity contribution is 6.04. The second kappa shape index (κ2) is 40.0. The monoisotopic (exact) mass is 1640 g/mol. The molecule has 2 fully saturated rings. The third kappa shape index (κ3) is 22.6. The fraction of sp³-hybridized carbons (Fsp3) is 0.316.